The van der Waals surface area contributed by atoms with E-state index >= 15 is 0 Å². The summed E-state index contributed by atoms with van der Waals surface area (Å²) in [6, 6.07) is 5.87. The molecule has 25 heavy (non-hydrogen) atoms. The standard InChI is InChI=1S/C15H11N7O2S/c1-9-3-2-4-10-11(9)19-15(25-10)20-13-12(22(23)24)14(18-7-17-13)21-6-5-16-8-21/h2-8H,1H3,(H,17,18,19,20). The first-order valence-electron chi connectivity index (χ1n) is 7.24. The van der Waals surface area contributed by atoms with E-state index in [0.29, 0.717) is 5.13 Å². The predicted molar refractivity (Wildman–Crippen MR) is 93.4 cm³/mol. The second-order valence-corrected chi connectivity index (χ2v) is 6.22. The van der Waals surface area contributed by atoms with Crippen LogP contribution in [0.25, 0.3) is 16.0 Å². The summed E-state index contributed by atoms with van der Waals surface area (Å²) >= 11 is 1.41. The molecule has 0 atom stereocenters. The highest BCUT2D eigenvalue weighted by Gasteiger charge is 2.25. The molecule has 0 amide bonds. The van der Waals surface area contributed by atoms with E-state index in [1.54, 1.807) is 6.20 Å². The summed E-state index contributed by atoms with van der Waals surface area (Å²) in [5.41, 5.74) is 1.66. The van der Waals surface area contributed by atoms with E-state index in [1.807, 2.05) is 25.1 Å². The minimum absolute atomic E-state index is 0.0837. The van der Waals surface area contributed by atoms with Crippen LogP contribution < -0.4 is 5.32 Å². The second-order valence-electron chi connectivity index (χ2n) is 5.19. The topological polar surface area (TPSA) is 112 Å². The molecule has 0 aliphatic carbocycles. The summed E-state index contributed by atoms with van der Waals surface area (Å²) in [5, 5.41) is 15.1. The van der Waals surface area contributed by atoms with Gasteiger partial charge in [0.15, 0.2) is 5.13 Å². The van der Waals surface area contributed by atoms with Crippen LogP contribution in [0.1, 0.15) is 5.56 Å². The van der Waals surface area contributed by atoms with E-state index in [9.17, 15) is 10.1 Å². The van der Waals surface area contributed by atoms with Crippen molar-refractivity contribution in [2.75, 3.05) is 5.32 Å². The number of rotatable bonds is 4. The molecule has 0 aliphatic rings. The fourth-order valence-corrected chi connectivity index (χ4v) is 3.39. The summed E-state index contributed by atoms with van der Waals surface area (Å²) in [7, 11) is 0. The minimum atomic E-state index is -0.518. The number of fused-ring (bicyclic) bond motifs is 1. The van der Waals surface area contributed by atoms with Gasteiger partial charge in [0.2, 0.25) is 11.6 Å². The zero-order valence-corrected chi connectivity index (χ0v) is 13.8. The van der Waals surface area contributed by atoms with Crippen molar-refractivity contribution in [2.45, 2.75) is 6.92 Å². The number of nitrogens with zero attached hydrogens (tertiary/aromatic N) is 6. The van der Waals surface area contributed by atoms with Crippen molar-refractivity contribution >= 4 is 38.2 Å². The lowest BCUT2D eigenvalue weighted by molar-refractivity contribution is -0.384. The van der Waals surface area contributed by atoms with Crippen LogP contribution in [0.2, 0.25) is 0 Å². The van der Waals surface area contributed by atoms with Crippen molar-refractivity contribution < 1.29 is 4.92 Å². The summed E-state index contributed by atoms with van der Waals surface area (Å²) < 4.78 is 2.46. The van der Waals surface area contributed by atoms with Crippen LogP contribution >= 0.6 is 11.3 Å². The number of benzene rings is 1. The Labute approximate surface area is 145 Å². The van der Waals surface area contributed by atoms with Crippen molar-refractivity contribution in [1.82, 2.24) is 24.5 Å². The molecule has 124 valence electrons. The average molecular weight is 353 g/mol. The number of hydrogen-bond donors (Lipinski definition) is 1. The Morgan fingerprint density at radius 1 is 1.32 bits per heavy atom. The van der Waals surface area contributed by atoms with Crippen molar-refractivity contribution in [1.29, 1.82) is 0 Å². The molecule has 4 aromatic rings. The van der Waals surface area contributed by atoms with E-state index in [0.717, 1.165) is 15.8 Å². The number of hydrogen-bond acceptors (Lipinski definition) is 8. The van der Waals surface area contributed by atoms with Gasteiger partial charge in [-0.2, -0.15) is 0 Å². The maximum atomic E-state index is 11.6. The summed E-state index contributed by atoms with van der Waals surface area (Å²) in [6.45, 7) is 1.97. The quantitative estimate of drug-likeness (QED) is 0.443. The van der Waals surface area contributed by atoms with Gasteiger partial charge in [-0.15, -0.1) is 0 Å². The number of nitro groups is 1. The highest BCUT2D eigenvalue weighted by atomic mass is 32.1. The van der Waals surface area contributed by atoms with Crippen LogP contribution in [-0.2, 0) is 0 Å². The first-order chi connectivity index (χ1) is 12.1. The molecule has 0 saturated carbocycles. The molecule has 0 unspecified atom stereocenters. The van der Waals surface area contributed by atoms with Crippen molar-refractivity contribution in [3.8, 4) is 5.82 Å². The van der Waals surface area contributed by atoms with E-state index in [1.165, 1.54) is 34.8 Å². The lowest BCUT2D eigenvalue weighted by Crippen LogP contribution is -2.06. The van der Waals surface area contributed by atoms with Crippen molar-refractivity contribution in [2.24, 2.45) is 0 Å². The first-order valence-corrected chi connectivity index (χ1v) is 8.06. The van der Waals surface area contributed by atoms with Crippen LogP contribution in [0.4, 0.5) is 16.6 Å². The Bertz CT molecular complexity index is 1070. The third-order valence-corrected chi connectivity index (χ3v) is 4.52. The lowest BCUT2D eigenvalue weighted by atomic mass is 10.2. The molecule has 4 rings (SSSR count). The maximum Gasteiger partial charge on any atom is 0.354 e. The van der Waals surface area contributed by atoms with Gasteiger partial charge in [0.1, 0.15) is 12.7 Å². The van der Waals surface area contributed by atoms with Crippen LogP contribution in [0.5, 0.6) is 0 Å². The Hall–Kier alpha value is -3.40. The van der Waals surface area contributed by atoms with Gasteiger partial charge < -0.3 is 5.32 Å². The van der Waals surface area contributed by atoms with E-state index in [2.05, 4.69) is 25.3 Å². The molecular weight excluding hydrogens is 342 g/mol. The molecule has 0 spiro atoms. The minimum Gasteiger partial charge on any atom is -0.310 e. The van der Waals surface area contributed by atoms with Crippen LogP contribution in [0, 0.1) is 17.0 Å². The smallest absolute Gasteiger partial charge is 0.310 e. The van der Waals surface area contributed by atoms with Gasteiger partial charge >= 0.3 is 5.69 Å². The van der Waals surface area contributed by atoms with E-state index in [4.69, 9.17) is 0 Å². The normalized spacial score (nSPS) is 10.9. The van der Waals surface area contributed by atoms with Crippen molar-refractivity contribution in [3.63, 3.8) is 0 Å². The second kappa shape index (κ2) is 5.91. The molecule has 0 aliphatic heterocycles. The molecule has 9 nitrogen and oxygen atoms in total. The molecule has 1 aromatic carbocycles. The molecule has 0 fully saturated rings. The van der Waals surface area contributed by atoms with Crippen molar-refractivity contribution in [3.05, 3.63) is 58.9 Å². The van der Waals surface area contributed by atoms with E-state index < -0.39 is 4.92 Å². The highest BCUT2D eigenvalue weighted by molar-refractivity contribution is 7.22. The fraction of sp³-hybridized carbons (Fsp3) is 0.0667. The van der Waals surface area contributed by atoms with Gasteiger partial charge in [-0.25, -0.2) is 19.9 Å². The number of para-hydroxylation sites is 1. The highest BCUT2D eigenvalue weighted by Crippen LogP contribution is 2.34. The van der Waals surface area contributed by atoms with E-state index in [-0.39, 0.29) is 17.3 Å². The van der Waals surface area contributed by atoms with Gasteiger partial charge in [0.25, 0.3) is 0 Å². The molecule has 1 N–H and O–H groups in total. The number of nitrogens with one attached hydrogen (secondary N) is 1. The van der Waals surface area contributed by atoms with Gasteiger partial charge in [0, 0.05) is 12.4 Å². The first kappa shape index (κ1) is 15.1. The zero-order valence-electron chi connectivity index (χ0n) is 12.9. The fourth-order valence-electron chi connectivity index (χ4n) is 2.44. The third kappa shape index (κ3) is 2.68. The maximum absolute atomic E-state index is 11.6. The summed E-state index contributed by atoms with van der Waals surface area (Å²) in [6.07, 6.45) is 5.82. The molecule has 3 aromatic heterocycles. The molecular formula is C15H11N7O2S. The zero-order chi connectivity index (χ0) is 17.4. The Kier molecular flexibility index (Phi) is 3.58. The van der Waals surface area contributed by atoms with Crippen LogP contribution in [-0.4, -0.2) is 29.4 Å². The largest absolute Gasteiger partial charge is 0.354 e. The van der Waals surface area contributed by atoms with Crippen LogP contribution in [0.3, 0.4) is 0 Å². The SMILES string of the molecule is Cc1cccc2sc(Nc3ncnc(-n4ccnc4)c3[N+](=O)[O-])nc12. The number of anilines is 2. The summed E-state index contributed by atoms with van der Waals surface area (Å²) in [5.74, 6) is 0.220. The molecule has 10 heteroatoms. The number of imidazole rings is 1. The lowest BCUT2D eigenvalue weighted by Gasteiger charge is -2.06. The molecule has 0 radical (unpaired) electrons. The third-order valence-electron chi connectivity index (χ3n) is 3.58. The monoisotopic (exact) mass is 353 g/mol. The summed E-state index contributed by atoms with van der Waals surface area (Å²) in [4.78, 5) is 27.5. The average Bonchev–Trinajstić information content (AvgIpc) is 3.24. The van der Waals surface area contributed by atoms with Gasteiger partial charge in [-0.1, -0.05) is 23.5 Å². The van der Waals surface area contributed by atoms with Crippen LogP contribution in [0.15, 0.2) is 43.2 Å². The van der Waals surface area contributed by atoms with Gasteiger partial charge in [0.05, 0.1) is 15.1 Å². The Morgan fingerprint density at radius 2 is 2.20 bits per heavy atom. The molecule has 0 saturated heterocycles. The molecule has 3 heterocycles. The number of thiazole rings is 1. The Balaban J connectivity index is 1.80. The number of aromatic nitrogens is 5. The van der Waals surface area contributed by atoms with Gasteiger partial charge in [-0.3, -0.25) is 14.7 Å². The van der Waals surface area contributed by atoms with Gasteiger partial charge in [-0.05, 0) is 18.6 Å². The predicted octanol–water partition coefficient (Wildman–Crippen LogP) is 3.23. The Morgan fingerprint density at radius 3 is 2.92 bits per heavy atom. The molecule has 0 bridgehead atoms. The number of aryl methyl sites for hydroxylation is 1.